The molecule has 0 spiro atoms. The fourth-order valence-electron chi connectivity index (χ4n) is 0.658. The van der Waals surface area contributed by atoms with Gasteiger partial charge < -0.3 is 29.7 Å². The predicted octanol–water partition coefficient (Wildman–Crippen LogP) is -4.20. The Morgan fingerprint density at radius 1 is 1.15 bits per heavy atom. The molecule has 0 saturated carbocycles. The summed E-state index contributed by atoms with van der Waals surface area (Å²) in [5.41, 5.74) is -0.843. The number of carboxylic acid groups (broad SMARTS) is 3. The highest BCUT2D eigenvalue weighted by Crippen LogP contribution is 2.11. The minimum Gasteiger partial charge on any atom is -0.550 e. The molecule has 0 radical (unpaired) electrons. The summed E-state index contributed by atoms with van der Waals surface area (Å²) < 4.78 is 0. The molecule has 0 unspecified atom stereocenters. The molecule has 0 aromatic heterocycles. The quantitative estimate of drug-likeness (QED) is 0.400. The number of aliphatic carboxylic acids is 3. The van der Waals surface area contributed by atoms with Gasteiger partial charge in [-0.2, -0.15) is 0 Å². The van der Waals surface area contributed by atoms with Crippen LogP contribution in [0, 0.1) is 5.92 Å². The Balaban J connectivity index is 4.61. The SMILES string of the molecule is C=C(C(=O)[O-])[C@@H](CC(=O)[O-])C(=O)[O-]. The highest BCUT2D eigenvalue weighted by molar-refractivity contribution is 5.93. The van der Waals surface area contributed by atoms with Gasteiger partial charge in [0.05, 0.1) is 5.97 Å². The van der Waals surface area contributed by atoms with Gasteiger partial charge in [-0.3, -0.25) is 0 Å². The van der Waals surface area contributed by atoms with Crippen LogP contribution in [-0.4, -0.2) is 17.9 Å². The second-order valence-corrected chi connectivity index (χ2v) is 2.26. The van der Waals surface area contributed by atoms with E-state index in [0.29, 0.717) is 0 Å². The predicted molar refractivity (Wildman–Crippen MR) is 32.3 cm³/mol. The summed E-state index contributed by atoms with van der Waals surface area (Å²) in [4.78, 5) is 30.3. The van der Waals surface area contributed by atoms with Crippen LogP contribution in [0.5, 0.6) is 0 Å². The maximum atomic E-state index is 10.2. The molecular weight excluding hydrogens is 180 g/mol. The maximum absolute atomic E-state index is 10.2. The van der Waals surface area contributed by atoms with Gasteiger partial charge in [0.25, 0.3) is 0 Å². The van der Waals surface area contributed by atoms with E-state index in [-0.39, 0.29) is 0 Å². The molecule has 0 fully saturated rings. The molecule has 13 heavy (non-hydrogen) atoms. The van der Waals surface area contributed by atoms with Gasteiger partial charge in [0.1, 0.15) is 0 Å². The second-order valence-electron chi connectivity index (χ2n) is 2.26. The van der Waals surface area contributed by atoms with Crippen molar-refractivity contribution in [3.05, 3.63) is 12.2 Å². The van der Waals surface area contributed by atoms with Gasteiger partial charge in [-0.15, -0.1) is 0 Å². The number of carbonyl (C=O) groups is 3. The van der Waals surface area contributed by atoms with Crippen LogP contribution in [0.2, 0.25) is 0 Å². The normalized spacial score (nSPS) is 11.7. The molecule has 0 amide bonds. The molecule has 0 N–H and O–H groups in total. The lowest BCUT2D eigenvalue weighted by Gasteiger charge is -2.21. The Hall–Kier alpha value is -1.85. The summed E-state index contributed by atoms with van der Waals surface area (Å²) in [5.74, 6) is -7.17. The van der Waals surface area contributed by atoms with Crippen molar-refractivity contribution in [3.63, 3.8) is 0 Å². The van der Waals surface area contributed by atoms with Crippen molar-refractivity contribution in [2.75, 3.05) is 0 Å². The zero-order valence-electron chi connectivity index (χ0n) is 6.44. The lowest BCUT2D eigenvalue weighted by atomic mass is 9.97. The van der Waals surface area contributed by atoms with Crippen molar-refractivity contribution < 1.29 is 29.7 Å². The Kier molecular flexibility index (Phi) is 3.64. The van der Waals surface area contributed by atoms with E-state index in [9.17, 15) is 29.7 Å². The molecule has 0 aliphatic heterocycles. The summed E-state index contributed by atoms with van der Waals surface area (Å²) in [7, 11) is 0. The van der Waals surface area contributed by atoms with E-state index in [1.54, 1.807) is 0 Å². The standard InChI is InChI=1S/C7H8O6/c1-3(6(10)11)4(7(12)13)2-5(8)9/h4H,1-2H2,(H,8,9)(H,10,11)(H,12,13)/p-3/t4-/m1/s1. The lowest BCUT2D eigenvalue weighted by molar-refractivity contribution is -0.321. The molecule has 1 atom stereocenters. The van der Waals surface area contributed by atoms with Crippen LogP contribution in [0.1, 0.15) is 6.42 Å². The largest absolute Gasteiger partial charge is 0.550 e. The first-order chi connectivity index (χ1) is 5.86. The average Bonchev–Trinajstić information content (AvgIpc) is 1.97. The minimum atomic E-state index is -1.83. The van der Waals surface area contributed by atoms with Crippen LogP contribution in [-0.2, 0) is 14.4 Å². The van der Waals surface area contributed by atoms with Gasteiger partial charge in [0.15, 0.2) is 0 Å². The van der Waals surface area contributed by atoms with Crippen molar-refractivity contribution in [1.82, 2.24) is 0 Å². The smallest absolute Gasteiger partial charge is 0.0675 e. The first-order valence-electron chi connectivity index (χ1n) is 3.17. The highest BCUT2D eigenvalue weighted by Gasteiger charge is 2.14. The van der Waals surface area contributed by atoms with Crippen molar-refractivity contribution in [1.29, 1.82) is 0 Å². The second kappa shape index (κ2) is 4.24. The fourth-order valence-corrected chi connectivity index (χ4v) is 0.658. The van der Waals surface area contributed by atoms with Crippen LogP contribution in [0.15, 0.2) is 12.2 Å². The van der Waals surface area contributed by atoms with E-state index in [1.165, 1.54) is 0 Å². The van der Waals surface area contributed by atoms with Crippen molar-refractivity contribution in [2.24, 2.45) is 5.92 Å². The Morgan fingerprint density at radius 3 is 1.85 bits per heavy atom. The third-order valence-electron chi connectivity index (χ3n) is 1.34. The summed E-state index contributed by atoms with van der Waals surface area (Å²) >= 11 is 0. The van der Waals surface area contributed by atoms with Crippen LogP contribution in [0.3, 0.4) is 0 Å². The Bertz CT molecular complexity index is 266. The van der Waals surface area contributed by atoms with Crippen LogP contribution in [0.4, 0.5) is 0 Å². The van der Waals surface area contributed by atoms with E-state index >= 15 is 0 Å². The van der Waals surface area contributed by atoms with Gasteiger partial charge in [0, 0.05) is 17.9 Å². The summed E-state index contributed by atoms with van der Waals surface area (Å²) in [6, 6.07) is 0. The first-order valence-corrected chi connectivity index (χ1v) is 3.17. The van der Waals surface area contributed by atoms with E-state index in [2.05, 4.69) is 6.58 Å². The molecule has 6 heteroatoms. The summed E-state index contributed by atoms with van der Waals surface area (Å²) in [6.07, 6.45) is -0.991. The highest BCUT2D eigenvalue weighted by atomic mass is 16.4. The first kappa shape index (κ1) is 11.2. The van der Waals surface area contributed by atoms with Crippen LogP contribution >= 0.6 is 0 Å². The molecule has 0 heterocycles. The monoisotopic (exact) mass is 185 g/mol. The van der Waals surface area contributed by atoms with E-state index in [1.807, 2.05) is 0 Å². The number of rotatable bonds is 5. The number of carboxylic acids is 3. The summed E-state index contributed by atoms with van der Waals surface area (Å²) in [6.45, 7) is 2.85. The Morgan fingerprint density at radius 2 is 1.62 bits per heavy atom. The average molecular weight is 185 g/mol. The molecule has 0 rings (SSSR count). The molecule has 6 nitrogen and oxygen atoms in total. The lowest BCUT2D eigenvalue weighted by Crippen LogP contribution is -2.41. The van der Waals surface area contributed by atoms with Gasteiger partial charge in [0.2, 0.25) is 0 Å². The van der Waals surface area contributed by atoms with Crippen LogP contribution < -0.4 is 15.3 Å². The number of carbonyl (C=O) groups excluding carboxylic acids is 3. The molecule has 0 aromatic rings. The van der Waals surface area contributed by atoms with Gasteiger partial charge in [-0.1, -0.05) is 6.58 Å². The summed E-state index contributed by atoms with van der Waals surface area (Å²) in [5, 5.41) is 30.3. The van der Waals surface area contributed by atoms with Gasteiger partial charge in [-0.25, -0.2) is 0 Å². The topological polar surface area (TPSA) is 120 Å². The zero-order valence-corrected chi connectivity index (χ0v) is 6.44. The van der Waals surface area contributed by atoms with Crippen molar-refractivity contribution in [3.8, 4) is 0 Å². The molecule has 0 saturated heterocycles. The van der Waals surface area contributed by atoms with E-state index < -0.39 is 35.8 Å². The van der Waals surface area contributed by atoms with E-state index in [0.717, 1.165) is 0 Å². The molecule has 0 aromatic carbocycles. The maximum Gasteiger partial charge on any atom is 0.0675 e. The van der Waals surface area contributed by atoms with Gasteiger partial charge >= 0.3 is 0 Å². The third-order valence-corrected chi connectivity index (χ3v) is 1.34. The van der Waals surface area contributed by atoms with E-state index in [4.69, 9.17) is 0 Å². The molecular formula is C7H5O6-3. The number of hydrogen-bond donors (Lipinski definition) is 0. The number of hydrogen-bond acceptors (Lipinski definition) is 6. The van der Waals surface area contributed by atoms with Crippen molar-refractivity contribution in [2.45, 2.75) is 6.42 Å². The molecule has 72 valence electrons. The van der Waals surface area contributed by atoms with Crippen molar-refractivity contribution >= 4 is 17.9 Å². The molecule has 0 aliphatic carbocycles. The van der Waals surface area contributed by atoms with Crippen LogP contribution in [0.25, 0.3) is 0 Å². The minimum absolute atomic E-state index is 0.843. The van der Waals surface area contributed by atoms with Gasteiger partial charge in [-0.05, 0) is 12.0 Å². The fraction of sp³-hybridized carbons (Fsp3) is 0.286. The third kappa shape index (κ3) is 3.37. The molecule has 0 bridgehead atoms. The molecule has 0 aliphatic rings. The Labute approximate surface area is 73.1 Å². The zero-order chi connectivity index (χ0) is 10.6.